The van der Waals surface area contributed by atoms with E-state index in [2.05, 4.69) is 28.7 Å². The zero-order chi connectivity index (χ0) is 24.7. The summed E-state index contributed by atoms with van der Waals surface area (Å²) >= 11 is 0. The number of carbonyl (C=O) groups excluding carboxylic acids is 1. The van der Waals surface area contributed by atoms with Crippen molar-refractivity contribution < 1.29 is 14.3 Å². The molecule has 1 heterocycles. The molecule has 1 aromatic heterocycles. The average molecular weight is 467 g/mol. The Balaban J connectivity index is 1.88. The lowest BCUT2D eigenvalue weighted by molar-refractivity contribution is 0.0950. The van der Waals surface area contributed by atoms with E-state index in [1.54, 1.807) is 18.8 Å². The van der Waals surface area contributed by atoms with Crippen LogP contribution in [-0.4, -0.2) is 42.6 Å². The molecule has 34 heavy (non-hydrogen) atoms. The molecule has 2 aromatic carbocycles. The summed E-state index contributed by atoms with van der Waals surface area (Å²) in [6, 6.07) is 11.7. The standard InChI is InChI=1S/C26H34N4O4/c1-6-11-27-24-15-20(19-7-9-21(10-8-19)34-13-12-33-5)14-22(17(24)2)25(31)28-16-23-18(3)30(4)29-26(23)32/h7-10,14-15,27H,6,11-13,16H2,1-5H3,(H,28,31)(H,29,32). The molecule has 0 bridgehead atoms. The van der Waals surface area contributed by atoms with Gasteiger partial charge in [0.2, 0.25) is 0 Å². The molecule has 0 aliphatic heterocycles. The van der Waals surface area contributed by atoms with Gasteiger partial charge in [-0.2, -0.15) is 0 Å². The number of anilines is 1. The first-order valence-corrected chi connectivity index (χ1v) is 11.5. The van der Waals surface area contributed by atoms with Crippen molar-refractivity contribution >= 4 is 11.6 Å². The van der Waals surface area contributed by atoms with E-state index < -0.39 is 0 Å². The molecule has 0 atom stereocenters. The quantitative estimate of drug-likeness (QED) is 0.374. The third kappa shape index (κ3) is 5.88. The molecule has 8 nitrogen and oxygen atoms in total. The second kappa shape index (κ2) is 11.6. The summed E-state index contributed by atoms with van der Waals surface area (Å²) in [5, 5.41) is 9.07. The SMILES string of the molecule is CCCNc1cc(-c2ccc(OCCOC)cc2)cc(C(=O)NCc2c(C)n(C)[nH]c2=O)c1C. The van der Waals surface area contributed by atoms with E-state index in [0.717, 1.165) is 46.8 Å². The zero-order valence-corrected chi connectivity index (χ0v) is 20.6. The first-order chi connectivity index (χ1) is 16.3. The maximum absolute atomic E-state index is 13.2. The van der Waals surface area contributed by atoms with Crippen LogP contribution in [0.3, 0.4) is 0 Å². The number of rotatable bonds is 11. The fraction of sp³-hybridized carbons (Fsp3) is 0.385. The fourth-order valence-corrected chi connectivity index (χ4v) is 3.69. The maximum Gasteiger partial charge on any atom is 0.269 e. The topological polar surface area (TPSA) is 97.4 Å². The van der Waals surface area contributed by atoms with Crippen molar-refractivity contribution in [2.45, 2.75) is 33.7 Å². The van der Waals surface area contributed by atoms with Gasteiger partial charge in [-0.15, -0.1) is 0 Å². The van der Waals surface area contributed by atoms with E-state index in [0.29, 0.717) is 24.3 Å². The van der Waals surface area contributed by atoms with Gasteiger partial charge in [0.1, 0.15) is 12.4 Å². The van der Waals surface area contributed by atoms with Crippen molar-refractivity contribution in [2.24, 2.45) is 7.05 Å². The number of H-pyrrole nitrogens is 1. The number of aromatic amines is 1. The lowest BCUT2D eigenvalue weighted by Crippen LogP contribution is -2.26. The normalized spacial score (nSPS) is 10.9. The first kappa shape index (κ1) is 25.1. The first-order valence-electron chi connectivity index (χ1n) is 11.5. The Morgan fingerprint density at radius 3 is 2.44 bits per heavy atom. The Morgan fingerprint density at radius 1 is 1.09 bits per heavy atom. The highest BCUT2D eigenvalue weighted by atomic mass is 16.5. The Labute approximate surface area is 200 Å². The fourth-order valence-electron chi connectivity index (χ4n) is 3.69. The molecular formula is C26H34N4O4. The summed E-state index contributed by atoms with van der Waals surface area (Å²) in [5.74, 6) is 0.541. The molecule has 182 valence electrons. The molecule has 0 unspecified atom stereocenters. The van der Waals surface area contributed by atoms with E-state index in [9.17, 15) is 9.59 Å². The van der Waals surface area contributed by atoms with E-state index >= 15 is 0 Å². The van der Waals surface area contributed by atoms with E-state index in [1.165, 1.54) is 0 Å². The average Bonchev–Trinajstić information content (AvgIpc) is 3.08. The van der Waals surface area contributed by atoms with Crippen LogP contribution < -0.4 is 20.9 Å². The van der Waals surface area contributed by atoms with Gasteiger partial charge in [0.25, 0.3) is 11.5 Å². The third-order valence-corrected chi connectivity index (χ3v) is 5.87. The number of ether oxygens (including phenoxy) is 2. The van der Waals surface area contributed by atoms with Crippen molar-refractivity contribution in [3.8, 4) is 16.9 Å². The predicted molar refractivity (Wildman–Crippen MR) is 135 cm³/mol. The molecule has 0 aliphatic rings. The summed E-state index contributed by atoms with van der Waals surface area (Å²) in [7, 11) is 3.41. The zero-order valence-electron chi connectivity index (χ0n) is 20.6. The lowest BCUT2D eigenvalue weighted by Gasteiger charge is -2.16. The lowest BCUT2D eigenvalue weighted by atomic mass is 9.97. The van der Waals surface area contributed by atoms with Crippen molar-refractivity contribution in [1.82, 2.24) is 15.1 Å². The number of hydrogen-bond donors (Lipinski definition) is 3. The smallest absolute Gasteiger partial charge is 0.269 e. The van der Waals surface area contributed by atoms with Crippen LogP contribution in [0.5, 0.6) is 5.75 Å². The minimum absolute atomic E-state index is 0.162. The van der Waals surface area contributed by atoms with Crippen molar-refractivity contribution in [3.05, 3.63) is 69.1 Å². The summed E-state index contributed by atoms with van der Waals surface area (Å²) in [6.07, 6.45) is 0.967. The third-order valence-electron chi connectivity index (χ3n) is 5.87. The van der Waals surface area contributed by atoms with Crippen molar-refractivity contribution in [3.63, 3.8) is 0 Å². The van der Waals surface area contributed by atoms with E-state index in [4.69, 9.17) is 9.47 Å². The van der Waals surface area contributed by atoms with Crippen LogP contribution in [0, 0.1) is 13.8 Å². The number of amides is 1. The molecule has 0 aliphatic carbocycles. The van der Waals surface area contributed by atoms with Gasteiger partial charge < -0.3 is 20.1 Å². The van der Waals surface area contributed by atoms with Crippen molar-refractivity contribution in [2.75, 3.05) is 32.2 Å². The van der Waals surface area contributed by atoms with Gasteiger partial charge in [-0.05, 0) is 61.2 Å². The van der Waals surface area contributed by atoms with E-state index in [1.807, 2.05) is 44.2 Å². The number of methoxy groups -OCH3 is 1. The largest absolute Gasteiger partial charge is 0.491 e. The predicted octanol–water partition coefficient (Wildman–Crippen LogP) is 3.77. The summed E-state index contributed by atoms with van der Waals surface area (Å²) in [4.78, 5) is 25.3. The van der Waals surface area contributed by atoms with E-state index in [-0.39, 0.29) is 18.0 Å². The van der Waals surface area contributed by atoms with Crippen LogP contribution in [0.2, 0.25) is 0 Å². The maximum atomic E-state index is 13.2. The highest BCUT2D eigenvalue weighted by molar-refractivity contribution is 5.98. The van der Waals surface area contributed by atoms with Gasteiger partial charge >= 0.3 is 0 Å². The minimum atomic E-state index is -0.221. The number of hydrogen-bond acceptors (Lipinski definition) is 5. The van der Waals surface area contributed by atoms with Gasteiger partial charge in [0, 0.05) is 37.6 Å². The molecule has 3 aromatic rings. The summed E-state index contributed by atoms with van der Waals surface area (Å²) < 4.78 is 12.3. The molecule has 8 heteroatoms. The molecule has 0 spiro atoms. The van der Waals surface area contributed by atoms with Crippen LogP contribution in [0.4, 0.5) is 5.69 Å². The van der Waals surface area contributed by atoms with Gasteiger partial charge in [0.15, 0.2) is 0 Å². The van der Waals surface area contributed by atoms with Crippen LogP contribution in [-0.2, 0) is 18.3 Å². The van der Waals surface area contributed by atoms with Crippen LogP contribution >= 0.6 is 0 Å². The number of carbonyl (C=O) groups is 1. The number of nitrogens with zero attached hydrogens (tertiary/aromatic N) is 1. The van der Waals surface area contributed by atoms with Gasteiger partial charge in [0.05, 0.1) is 18.7 Å². The Kier molecular flexibility index (Phi) is 8.54. The second-order valence-electron chi connectivity index (χ2n) is 8.24. The highest BCUT2D eigenvalue weighted by Gasteiger charge is 2.17. The summed E-state index contributed by atoms with van der Waals surface area (Å²) in [5.41, 5.74) is 5.42. The van der Waals surface area contributed by atoms with Crippen LogP contribution in [0.1, 0.15) is 40.5 Å². The highest BCUT2D eigenvalue weighted by Crippen LogP contribution is 2.30. The molecule has 0 radical (unpaired) electrons. The monoisotopic (exact) mass is 466 g/mol. The second-order valence-corrected chi connectivity index (χ2v) is 8.24. The number of aromatic nitrogens is 2. The van der Waals surface area contributed by atoms with Gasteiger partial charge in [-0.3, -0.25) is 19.4 Å². The molecule has 0 fully saturated rings. The van der Waals surface area contributed by atoms with Gasteiger partial charge in [-0.1, -0.05) is 19.1 Å². The number of aryl methyl sites for hydroxylation is 1. The summed E-state index contributed by atoms with van der Waals surface area (Å²) in [6.45, 7) is 7.86. The number of benzene rings is 2. The van der Waals surface area contributed by atoms with Gasteiger partial charge in [-0.25, -0.2) is 0 Å². The van der Waals surface area contributed by atoms with Crippen LogP contribution in [0.15, 0.2) is 41.2 Å². The Bertz CT molecular complexity index is 1180. The molecule has 0 saturated carbocycles. The Morgan fingerprint density at radius 2 is 1.82 bits per heavy atom. The number of nitrogens with one attached hydrogen (secondary N) is 3. The Hall–Kier alpha value is -3.52. The van der Waals surface area contributed by atoms with Crippen LogP contribution in [0.25, 0.3) is 11.1 Å². The molecule has 0 saturated heterocycles. The minimum Gasteiger partial charge on any atom is -0.491 e. The van der Waals surface area contributed by atoms with Crippen molar-refractivity contribution in [1.29, 1.82) is 0 Å². The molecular weight excluding hydrogens is 432 g/mol. The molecule has 3 N–H and O–H groups in total. The molecule has 3 rings (SSSR count). The molecule has 1 amide bonds.